The summed E-state index contributed by atoms with van der Waals surface area (Å²) in [5.74, 6) is 0.847. The quantitative estimate of drug-likeness (QED) is 0.404. The zero-order chi connectivity index (χ0) is 20.4. The summed E-state index contributed by atoms with van der Waals surface area (Å²) < 4.78 is 10.8. The highest BCUT2D eigenvalue weighted by molar-refractivity contribution is 5.94. The first-order valence-corrected chi connectivity index (χ1v) is 10.1. The lowest BCUT2D eigenvalue weighted by atomic mass is 10.1. The Hall–Kier alpha value is -2.12. The van der Waals surface area contributed by atoms with E-state index in [1.165, 1.54) is 0 Å². The predicted octanol–water partition coefficient (Wildman–Crippen LogP) is 2.03. The third-order valence-corrected chi connectivity index (χ3v) is 4.49. The molecule has 28 heavy (non-hydrogen) atoms. The van der Waals surface area contributed by atoms with Crippen molar-refractivity contribution in [1.82, 2.24) is 15.5 Å². The van der Waals surface area contributed by atoms with E-state index < -0.39 is 0 Å². The van der Waals surface area contributed by atoms with Crippen LogP contribution in [0.5, 0.6) is 0 Å². The Bertz CT molecular complexity index is 623. The second-order valence-electron chi connectivity index (χ2n) is 7.13. The number of hydrogen-bond donors (Lipinski definition) is 2. The maximum Gasteiger partial charge on any atom is 0.254 e. The van der Waals surface area contributed by atoms with Crippen molar-refractivity contribution in [3.63, 3.8) is 0 Å². The number of carbonyl (C=O) groups is 1. The molecule has 0 bridgehead atoms. The van der Waals surface area contributed by atoms with Crippen molar-refractivity contribution >= 4 is 11.9 Å². The van der Waals surface area contributed by atoms with E-state index >= 15 is 0 Å². The van der Waals surface area contributed by atoms with Crippen LogP contribution in [0, 0.1) is 0 Å². The predicted molar refractivity (Wildman–Crippen MR) is 112 cm³/mol. The van der Waals surface area contributed by atoms with Gasteiger partial charge in [-0.3, -0.25) is 4.79 Å². The molecule has 1 aromatic carbocycles. The van der Waals surface area contributed by atoms with E-state index in [1.807, 2.05) is 49.9 Å². The lowest BCUT2D eigenvalue weighted by molar-refractivity contribution is -0.0586. The fourth-order valence-electron chi connectivity index (χ4n) is 3.21. The molecular formula is C21H34N4O3. The monoisotopic (exact) mass is 390 g/mol. The molecule has 0 aliphatic carbocycles. The highest BCUT2D eigenvalue weighted by Gasteiger charge is 2.26. The molecular weight excluding hydrogens is 356 g/mol. The second kappa shape index (κ2) is 11.7. The number of carbonyl (C=O) groups excluding carboxylic acids is 1. The molecule has 1 heterocycles. The van der Waals surface area contributed by atoms with Crippen LogP contribution in [0.15, 0.2) is 29.3 Å². The average Bonchev–Trinajstić information content (AvgIpc) is 2.68. The van der Waals surface area contributed by atoms with Crippen molar-refractivity contribution in [1.29, 1.82) is 0 Å². The van der Waals surface area contributed by atoms with Crippen LogP contribution in [0.3, 0.4) is 0 Å². The molecule has 0 aromatic heterocycles. The minimum Gasteiger partial charge on any atom is -0.385 e. The van der Waals surface area contributed by atoms with Gasteiger partial charge in [0, 0.05) is 45.5 Å². The van der Waals surface area contributed by atoms with Gasteiger partial charge in [-0.2, -0.15) is 0 Å². The molecule has 0 saturated carbocycles. The summed E-state index contributed by atoms with van der Waals surface area (Å²) in [5.41, 5.74) is 1.77. The topological polar surface area (TPSA) is 75.2 Å². The molecule has 7 nitrogen and oxygen atoms in total. The maximum atomic E-state index is 12.7. The van der Waals surface area contributed by atoms with Crippen molar-refractivity contribution in [3.05, 3.63) is 35.4 Å². The standard InChI is InChI=1S/C21H34N4O3/c1-5-22-21(23-11-6-12-27-4)24-13-18-7-9-19(10-8-18)20(26)25-14-16(2)28-17(3)15-25/h7-10,16-17H,5-6,11-15H2,1-4H3,(H2,22,23,24). The minimum atomic E-state index is 0.0604. The number of amides is 1. The van der Waals surface area contributed by atoms with E-state index in [0.717, 1.165) is 37.6 Å². The number of guanidine groups is 1. The van der Waals surface area contributed by atoms with E-state index in [2.05, 4.69) is 15.6 Å². The Kier molecular flexibility index (Phi) is 9.23. The minimum absolute atomic E-state index is 0.0604. The van der Waals surface area contributed by atoms with Gasteiger partial charge in [-0.15, -0.1) is 0 Å². The number of aliphatic imine (C=N–C) groups is 1. The van der Waals surface area contributed by atoms with Gasteiger partial charge in [0.1, 0.15) is 0 Å². The molecule has 1 amide bonds. The van der Waals surface area contributed by atoms with Crippen LogP contribution >= 0.6 is 0 Å². The van der Waals surface area contributed by atoms with Crippen molar-refractivity contribution in [2.45, 2.75) is 45.9 Å². The summed E-state index contributed by atoms with van der Waals surface area (Å²) >= 11 is 0. The molecule has 2 rings (SSSR count). The van der Waals surface area contributed by atoms with E-state index in [0.29, 0.717) is 25.2 Å². The summed E-state index contributed by atoms with van der Waals surface area (Å²) in [6, 6.07) is 7.71. The lowest BCUT2D eigenvalue weighted by Crippen LogP contribution is -2.48. The number of hydrogen-bond acceptors (Lipinski definition) is 4. The molecule has 2 atom stereocenters. The molecule has 1 aliphatic rings. The first kappa shape index (κ1) is 22.2. The molecule has 0 radical (unpaired) electrons. The Labute approximate surface area is 168 Å². The zero-order valence-corrected chi connectivity index (χ0v) is 17.5. The normalized spacial score (nSPS) is 20.1. The van der Waals surface area contributed by atoms with Crippen molar-refractivity contribution in [2.24, 2.45) is 4.99 Å². The van der Waals surface area contributed by atoms with Crippen LogP contribution in [0.25, 0.3) is 0 Å². The van der Waals surface area contributed by atoms with E-state index in [4.69, 9.17) is 9.47 Å². The van der Waals surface area contributed by atoms with E-state index in [-0.39, 0.29) is 18.1 Å². The van der Waals surface area contributed by atoms with Crippen LogP contribution in [-0.4, -0.2) is 68.9 Å². The Morgan fingerprint density at radius 2 is 1.89 bits per heavy atom. The highest BCUT2D eigenvalue weighted by Crippen LogP contribution is 2.15. The summed E-state index contributed by atoms with van der Waals surface area (Å²) in [6.45, 7) is 10.2. The second-order valence-corrected chi connectivity index (χ2v) is 7.13. The van der Waals surface area contributed by atoms with Crippen LogP contribution in [0.2, 0.25) is 0 Å². The van der Waals surface area contributed by atoms with Crippen LogP contribution < -0.4 is 10.6 Å². The SMILES string of the molecule is CCNC(=NCc1ccc(C(=O)N2CC(C)OC(C)C2)cc1)NCCCOC. The molecule has 1 aliphatic heterocycles. The van der Waals surface area contributed by atoms with Gasteiger partial charge in [-0.1, -0.05) is 12.1 Å². The van der Waals surface area contributed by atoms with Crippen molar-refractivity contribution in [2.75, 3.05) is 39.9 Å². The summed E-state index contributed by atoms with van der Waals surface area (Å²) in [6.07, 6.45) is 1.07. The van der Waals surface area contributed by atoms with Crippen molar-refractivity contribution in [3.8, 4) is 0 Å². The van der Waals surface area contributed by atoms with Gasteiger partial charge < -0.3 is 25.0 Å². The third-order valence-electron chi connectivity index (χ3n) is 4.49. The number of benzene rings is 1. The number of nitrogens with zero attached hydrogens (tertiary/aromatic N) is 2. The molecule has 1 fully saturated rings. The molecule has 2 unspecified atom stereocenters. The van der Waals surface area contributed by atoms with Gasteiger partial charge >= 0.3 is 0 Å². The van der Waals surface area contributed by atoms with Crippen LogP contribution in [0.1, 0.15) is 43.1 Å². The smallest absolute Gasteiger partial charge is 0.254 e. The van der Waals surface area contributed by atoms with Gasteiger partial charge in [-0.05, 0) is 44.9 Å². The van der Waals surface area contributed by atoms with Gasteiger partial charge in [0.05, 0.1) is 18.8 Å². The summed E-state index contributed by atoms with van der Waals surface area (Å²) in [5, 5.41) is 6.53. The van der Waals surface area contributed by atoms with Gasteiger partial charge in [-0.25, -0.2) is 4.99 Å². The molecule has 1 aromatic rings. The zero-order valence-electron chi connectivity index (χ0n) is 17.5. The highest BCUT2D eigenvalue weighted by atomic mass is 16.5. The van der Waals surface area contributed by atoms with Crippen molar-refractivity contribution < 1.29 is 14.3 Å². The Morgan fingerprint density at radius 1 is 1.21 bits per heavy atom. The molecule has 156 valence electrons. The van der Waals surface area contributed by atoms with Gasteiger partial charge in [0.25, 0.3) is 5.91 Å². The number of morpholine rings is 1. The summed E-state index contributed by atoms with van der Waals surface area (Å²) in [4.78, 5) is 19.2. The number of nitrogens with one attached hydrogen (secondary N) is 2. The van der Waals surface area contributed by atoms with E-state index in [1.54, 1.807) is 7.11 Å². The number of ether oxygens (including phenoxy) is 2. The van der Waals surface area contributed by atoms with E-state index in [9.17, 15) is 4.79 Å². The average molecular weight is 391 g/mol. The molecule has 2 N–H and O–H groups in total. The molecule has 0 spiro atoms. The fraction of sp³-hybridized carbons (Fsp3) is 0.619. The maximum absolute atomic E-state index is 12.7. The van der Waals surface area contributed by atoms with Crippen LogP contribution in [0.4, 0.5) is 0 Å². The van der Waals surface area contributed by atoms with Gasteiger partial charge in [0.2, 0.25) is 0 Å². The Morgan fingerprint density at radius 3 is 2.50 bits per heavy atom. The Balaban J connectivity index is 1.92. The fourth-order valence-corrected chi connectivity index (χ4v) is 3.21. The summed E-state index contributed by atoms with van der Waals surface area (Å²) in [7, 11) is 1.70. The molecule has 7 heteroatoms. The largest absolute Gasteiger partial charge is 0.385 e. The number of rotatable bonds is 8. The number of methoxy groups -OCH3 is 1. The lowest BCUT2D eigenvalue weighted by Gasteiger charge is -2.35. The first-order chi connectivity index (χ1) is 13.5. The van der Waals surface area contributed by atoms with Gasteiger partial charge in [0.15, 0.2) is 5.96 Å². The third kappa shape index (κ3) is 7.13. The molecule has 1 saturated heterocycles. The first-order valence-electron chi connectivity index (χ1n) is 10.1. The van der Waals surface area contributed by atoms with Crippen LogP contribution in [-0.2, 0) is 16.0 Å².